The largest absolute Gasteiger partial charge is 0.457 e. The van der Waals surface area contributed by atoms with Gasteiger partial charge in [0.05, 0.1) is 10.3 Å². The lowest BCUT2D eigenvalue weighted by molar-refractivity contribution is -0.384. The third kappa shape index (κ3) is 4.66. The fraction of sp³-hybridized carbons (Fsp3) is 0.0400. The molecule has 0 aliphatic heterocycles. The maximum atomic E-state index is 12.7. The summed E-state index contributed by atoms with van der Waals surface area (Å²) in [6.45, 7) is -0.154. The predicted molar refractivity (Wildman–Crippen MR) is 133 cm³/mol. The number of nitro groups is 1. The van der Waals surface area contributed by atoms with Crippen LogP contribution in [0.2, 0.25) is 0 Å². The SMILES string of the molecule is Nc1ncnc2c1c(-c1ccc(Oc3ccccc3)cc1)nn2CC(=O)Nc1ccc([N+](=O)[O-])cc1. The molecule has 2 aromatic heterocycles. The minimum Gasteiger partial charge on any atom is -0.457 e. The van der Waals surface area contributed by atoms with Gasteiger partial charge in [0.25, 0.3) is 5.69 Å². The van der Waals surface area contributed by atoms with E-state index in [1.54, 1.807) is 0 Å². The van der Waals surface area contributed by atoms with Gasteiger partial charge in [0.2, 0.25) is 5.91 Å². The highest BCUT2D eigenvalue weighted by Crippen LogP contribution is 2.32. The number of carbonyl (C=O) groups is 1. The van der Waals surface area contributed by atoms with Gasteiger partial charge in [-0.25, -0.2) is 14.6 Å². The molecule has 178 valence electrons. The number of non-ortho nitro benzene ring substituents is 1. The highest BCUT2D eigenvalue weighted by Gasteiger charge is 2.19. The molecule has 0 radical (unpaired) electrons. The summed E-state index contributed by atoms with van der Waals surface area (Å²) in [6.07, 6.45) is 1.31. The first-order valence-corrected chi connectivity index (χ1v) is 10.8. The number of para-hydroxylation sites is 1. The number of ether oxygens (including phenoxy) is 1. The van der Waals surface area contributed by atoms with Crippen LogP contribution < -0.4 is 15.8 Å². The molecule has 0 bridgehead atoms. The first-order valence-electron chi connectivity index (χ1n) is 10.8. The average Bonchev–Trinajstić information content (AvgIpc) is 3.25. The van der Waals surface area contributed by atoms with Gasteiger partial charge in [-0.1, -0.05) is 18.2 Å². The zero-order valence-electron chi connectivity index (χ0n) is 18.7. The number of nitrogens with one attached hydrogen (secondary N) is 1. The van der Waals surface area contributed by atoms with E-state index in [-0.39, 0.29) is 24.0 Å². The molecule has 0 atom stereocenters. The molecule has 5 aromatic rings. The van der Waals surface area contributed by atoms with Gasteiger partial charge >= 0.3 is 0 Å². The zero-order valence-corrected chi connectivity index (χ0v) is 18.7. The molecular formula is C25H19N7O4. The van der Waals surface area contributed by atoms with E-state index < -0.39 is 4.92 Å². The second kappa shape index (κ2) is 9.50. The quantitative estimate of drug-likeness (QED) is 0.256. The van der Waals surface area contributed by atoms with Crippen LogP contribution >= 0.6 is 0 Å². The minimum absolute atomic E-state index is 0.0666. The van der Waals surface area contributed by atoms with Crippen molar-refractivity contribution in [2.24, 2.45) is 0 Å². The first kappa shape index (κ1) is 22.5. The lowest BCUT2D eigenvalue weighted by Gasteiger charge is -2.06. The number of hydrogen-bond donors (Lipinski definition) is 2. The molecule has 3 N–H and O–H groups in total. The van der Waals surface area contributed by atoms with E-state index in [2.05, 4.69) is 20.4 Å². The minimum atomic E-state index is -0.506. The van der Waals surface area contributed by atoms with Crippen molar-refractivity contribution in [1.82, 2.24) is 19.7 Å². The van der Waals surface area contributed by atoms with E-state index in [0.29, 0.717) is 28.2 Å². The number of anilines is 2. The van der Waals surface area contributed by atoms with Gasteiger partial charge in [-0.2, -0.15) is 5.10 Å². The van der Waals surface area contributed by atoms with Crippen molar-refractivity contribution in [1.29, 1.82) is 0 Å². The van der Waals surface area contributed by atoms with E-state index in [9.17, 15) is 14.9 Å². The smallest absolute Gasteiger partial charge is 0.269 e. The van der Waals surface area contributed by atoms with Crippen LogP contribution in [0.1, 0.15) is 0 Å². The Morgan fingerprint density at radius 1 is 0.972 bits per heavy atom. The van der Waals surface area contributed by atoms with Crippen LogP contribution in [0.5, 0.6) is 11.5 Å². The van der Waals surface area contributed by atoms with Crippen molar-refractivity contribution >= 4 is 34.1 Å². The molecule has 5 rings (SSSR count). The van der Waals surface area contributed by atoms with E-state index >= 15 is 0 Å². The number of hydrogen-bond acceptors (Lipinski definition) is 8. The van der Waals surface area contributed by atoms with Crippen molar-refractivity contribution in [2.45, 2.75) is 6.54 Å². The second-order valence-corrected chi connectivity index (χ2v) is 7.76. The summed E-state index contributed by atoms with van der Waals surface area (Å²) in [7, 11) is 0. The molecule has 0 saturated carbocycles. The van der Waals surface area contributed by atoms with Crippen molar-refractivity contribution < 1.29 is 14.5 Å². The number of fused-ring (bicyclic) bond motifs is 1. The Balaban J connectivity index is 1.40. The van der Waals surface area contributed by atoms with Crippen LogP contribution in [0.25, 0.3) is 22.3 Å². The molecule has 0 saturated heterocycles. The first-order chi connectivity index (χ1) is 17.5. The standard InChI is InChI=1S/C25H19N7O4/c26-24-22-23(16-6-12-20(13-7-16)36-19-4-2-1-3-5-19)30-31(25(22)28-15-27-24)14-21(33)29-17-8-10-18(11-9-17)32(34)35/h1-13,15H,14H2,(H,29,33)(H2,26,27,28). The van der Waals surface area contributed by atoms with Crippen LogP contribution in [-0.4, -0.2) is 30.6 Å². The topological polar surface area (TPSA) is 151 Å². The van der Waals surface area contributed by atoms with Gasteiger partial charge < -0.3 is 15.8 Å². The zero-order chi connectivity index (χ0) is 25.1. The van der Waals surface area contributed by atoms with Crippen molar-refractivity contribution in [3.63, 3.8) is 0 Å². The molecule has 2 heterocycles. The van der Waals surface area contributed by atoms with Crippen LogP contribution in [0.3, 0.4) is 0 Å². The summed E-state index contributed by atoms with van der Waals surface area (Å²) >= 11 is 0. The highest BCUT2D eigenvalue weighted by atomic mass is 16.6. The predicted octanol–water partition coefficient (Wildman–Crippen LogP) is 4.41. The Bertz CT molecular complexity index is 1550. The maximum absolute atomic E-state index is 12.7. The third-order valence-electron chi connectivity index (χ3n) is 5.32. The summed E-state index contributed by atoms with van der Waals surface area (Å²) in [4.78, 5) is 31.4. The lowest BCUT2D eigenvalue weighted by Crippen LogP contribution is -2.19. The Morgan fingerprint density at radius 2 is 1.67 bits per heavy atom. The number of carbonyl (C=O) groups excluding carboxylic acids is 1. The van der Waals surface area contributed by atoms with Gasteiger partial charge in [0.15, 0.2) is 5.65 Å². The molecular weight excluding hydrogens is 462 g/mol. The molecule has 0 fully saturated rings. The van der Waals surface area contributed by atoms with Crippen LogP contribution in [0.4, 0.5) is 17.2 Å². The maximum Gasteiger partial charge on any atom is 0.269 e. The number of aromatic nitrogens is 4. The van der Waals surface area contributed by atoms with Gasteiger partial charge in [-0.3, -0.25) is 14.9 Å². The highest BCUT2D eigenvalue weighted by molar-refractivity contribution is 5.99. The van der Waals surface area contributed by atoms with E-state index in [1.807, 2.05) is 54.6 Å². The molecule has 36 heavy (non-hydrogen) atoms. The Morgan fingerprint density at radius 3 is 2.36 bits per heavy atom. The fourth-order valence-corrected chi connectivity index (χ4v) is 3.65. The van der Waals surface area contributed by atoms with Crippen LogP contribution in [0.15, 0.2) is 85.2 Å². The number of benzene rings is 3. The Kier molecular flexibility index (Phi) is 5.93. The number of nitrogens with two attached hydrogens (primary N) is 1. The van der Waals surface area contributed by atoms with E-state index in [4.69, 9.17) is 10.5 Å². The van der Waals surface area contributed by atoms with Gasteiger partial charge in [0.1, 0.15) is 35.9 Å². The van der Waals surface area contributed by atoms with Gasteiger partial charge in [-0.15, -0.1) is 0 Å². The lowest BCUT2D eigenvalue weighted by atomic mass is 10.1. The summed E-state index contributed by atoms with van der Waals surface area (Å²) in [5.74, 6) is 1.22. The number of nitrogen functional groups attached to an aromatic ring is 1. The fourth-order valence-electron chi connectivity index (χ4n) is 3.65. The Hall–Kier alpha value is -5.32. The van der Waals surface area contributed by atoms with Crippen molar-refractivity contribution in [3.8, 4) is 22.8 Å². The molecule has 0 aliphatic carbocycles. The summed E-state index contributed by atoms with van der Waals surface area (Å²) in [5, 5.41) is 18.6. The number of nitro benzene ring substituents is 1. The molecule has 0 spiro atoms. The van der Waals surface area contributed by atoms with Crippen molar-refractivity contribution in [2.75, 3.05) is 11.1 Å². The average molecular weight is 481 g/mol. The van der Waals surface area contributed by atoms with E-state index in [1.165, 1.54) is 35.3 Å². The Labute approximate surface area is 204 Å². The number of nitrogens with zero attached hydrogens (tertiary/aromatic N) is 5. The molecule has 0 aliphatic rings. The number of amides is 1. The van der Waals surface area contributed by atoms with Crippen LogP contribution in [0, 0.1) is 10.1 Å². The monoisotopic (exact) mass is 481 g/mol. The van der Waals surface area contributed by atoms with E-state index in [0.717, 1.165) is 11.3 Å². The molecule has 11 heteroatoms. The third-order valence-corrected chi connectivity index (χ3v) is 5.32. The second-order valence-electron chi connectivity index (χ2n) is 7.76. The molecule has 1 amide bonds. The summed E-state index contributed by atoms with van der Waals surface area (Å²) in [6, 6.07) is 22.3. The van der Waals surface area contributed by atoms with Crippen LogP contribution in [-0.2, 0) is 11.3 Å². The normalized spacial score (nSPS) is 10.8. The van der Waals surface area contributed by atoms with Gasteiger partial charge in [0, 0.05) is 23.4 Å². The van der Waals surface area contributed by atoms with Crippen molar-refractivity contribution in [3.05, 3.63) is 95.3 Å². The molecule has 3 aromatic carbocycles. The number of rotatable bonds is 7. The van der Waals surface area contributed by atoms with Gasteiger partial charge in [-0.05, 0) is 48.5 Å². The summed E-state index contributed by atoms with van der Waals surface area (Å²) in [5.41, 5.74) is 8.18. The molecule has 0 unspecified atom stereocenters. The summed E-state index contributed by atoms with van der Waals surface area (Å²) < 4.78 is 7.29. The molecule has 11 nitrogen and oxygen atoms in total.